The van der Waals surface area contributed by atoms with Crippen LogP contribution in [0.15, 0.2) is 6.20 Å². The maximum atomic E-state index is 11.3. The lowest BCUT2D eigenvalue weighted by molar-refractivity contribution is 0.582. The minimum absolute atomic E-state index is 0.0616. The molecule has 1 aromatic rings. The van der Waals surface area contributed by atoms with Gasteiger partial charge in [-0.1, -0.05) is 0 Å². The third-order valence-electron chi connectivity index (χ3n) is 2.17. The van der Waals surface area contributed by atoms with Gasteiger partial charge >= 0.3 is 0 Å². The molecule has 15 heavy (non-hydrogen) atoms. The van der Waals surface area contributed by atoms with Crippen molar-refractivity contribution in [3.05, 3.63) is 17.5 Å². The number of sulfonamides is 1. The van der Waals surface area contributed by atoms with Gasteiger partial charge in [0.1, 0.15) is 0 Å². The Labute approximate surface area is 94.5 Å². The molecule has 0 saturated heterocycles. The van der Waals surface area contributed by atoms with Crippen molar-refractivity contribution < 1.29 is 8.42 Å². The second-order valence-electron chi connectivity index (χ2n) is 3.21. The van der Waals surface area contributed by atoms with E-state index in [0.717, 1.165) is 11.3 Å². The molecule has 0 unspecified atom stereocenters. The summed E-state index contributed by atoms with van der Waals surface area (Å²) in [5.41, 5.74) is 1.82. The number of aryl methyl sites for hydroxylation is 1. The van der Waals surface area contributed by atoms with E-state index in [1.54, 1.807) is 10.9 Å². The highest BCUT2D eigenvalue weighted by molar-refractivity contribution is 7.89. The van der Waals surface area contributed by atoms with E-state index in [1.165, 1.54) is 0 Å². The molecule has 0 aliphatic heterocycles. The van der Waals surface area contributed by atoms with Crippen LogP contribution < -0.4 is 4.72 Å². The predicted molar refractivity (Wildman–Crippen MR) is 59.3 cm³/mol. The van der Waals surface area contributed by atoms with Crippen molar-refractivity contribution >= 4 is 21.6 Å². The molecule has 1 rings (SSSR count). The third kappa shape index (κ3) is 3.48. The highest BCUT2D eigenvalue weighted by atomic mass is 35.5. The van der Waals surface area contributed by atoms with Gasteiger partial charge in [0.2, 0.25) is 10.0 Å². The van der Waals surface area contributed by atoms with E-state index in [0.29, 0.717) is 0 Å². The zero-order chi connectivity index (χ0) is 11.5. The maximum absolute atomic E-state index is 11.3. The Morgan fingerprint density at radius 1 is 1.60 bits per heavy atom. The average molecular weight is 252 g/mol. The summed E-state index contributed by atoms with van der Waals surface area (Å²) in [5, 5.41) is 4.02. The molecule has 0 spiro atoms. The van der Waals surface area contributed by atoms with Gasteiger partial charge in [0, 0.05) is 30.7 Å². The average Bonchev–Trinajstić information content (AvgIpc) is 2.45. The van der Waals surface area contributed by atoms with Crippen molar-refractivity contribution in [3.63, 3.8) is 0 Å². The van der Waals surface area contributed by atoms with Gasteiger partial charge in [-0.15, -0.1) is 11.6 Å². The molecular weight excluding hydrogens is 238 g/mol. The Morgan fingerprint density at radius 3 is 2.73 bits per heavy atom. The molecule has 86 valence electrons. The van der Waals surface area contributed by atoms with Crippen molar-refractivity contribution in [2.75, 3.05) is 11.6 Å². The molecule has 0 bridgehead atoms. The molecule has 1 aromatic heterocycles. The minimum atomic E-state index is -3.26. The van der Waals surface area contributed by atoms with Crippen molar-refractivity contribution in [2.24, 2.45) is 7.05 Å². The van der Waals surface area contributed by atoms with Crippen LogP contribution in [0.3, 0.4) is 0 Å². The maximum Gasteiger partial charge on any atom is 0.213 e. The van der Waals surface area contributed by atoms with E-state index in [2.05, 4.69) is 9.82 Å². The number of hydrogen-bond donors (Lipinski definition) is 1. The fraction of sp³-hybridized carbons (Fsp3) is 0.625. The molecule has 5 nitrogen and oxygen atoms in total. The van der Waals surface area contributed by atoms with Crippen molar-refractivity contribution in [1.82, 2.24) is 14.5 Å². The van der Waals surface area contributed by atoms with Crippen LogP contribution >= 0.6 is 11.6 Å². The van der Waals surface area contributed by atoms with E-state index < -0.39 is 10.0 Å². The van der Waals surface area contributed by atoms with Gasteiger partial charge in [-0.2, -0.15) is 5.10 Å². The smallest absolute Gasteiger partial charge is 0.213 e. The number of alkyl halides is 1. The number of nitrogens with zero attached hydrogens (tertiary/aromatic N) is 2. The number of rotatable bonds is 5. The van der Waals surface area contributed by atoms with Gasteiger partial charge in [0.05, 0.1) is 11.9 Å². The van der Waals surface area contributed by atoms with E-state index in [1.807, 2.05) is 14.0 Å². The number of nitrogens with one attached hydrogen (secondary N) is 1. The predicted octanol–water partition coefficient (Wildman–Crippen LogP) is 0.387. The first-order chi connectivity index (χ1) is 6.96. The first-order valence-electron chi connectivity index (χ1n) is 4.47. The molecule has 0 radical (unpaired) electrons. The SMILES string of the molecule is Cc1c(CNS(=O)(=O)CCCl)cnn1C. The van der Waals surface area contributed by atoms with Crippen LogP contribution in [0.1, 0.15) is 11.3 Å². The largest absolute Gasteiger partial charge is 0.273 e. The molecule has 0 aromatic carbocycles. The summed E-state index contributed by atoms with van der Waals surface area (Å²) in [6.07, 6.45) is 1.65. The quantitative estimate of drug-likeness (QED) is 0.770. The molecular formula is C8H14ClN3O2S. The van der Waals surface area contributed by atoms with Gasteiger partial charge in [0.25, 0.3) is 0 Å². The van der Waals surface area contributed by atoms with Crippen LogP contribution in [0.25, 0.3) is 0 Å². The molecule has 0 aliphatic carbocycles. The molecule has 0 atom stereocenters. The summed E-state index contributed by atoms with van der Waals surface area (Å²) in [7, 11) is -1.44. The summed E-state index contributed by atoms with van der Waals surface area (Å²) >= 11 is 5.37. The van der Waals surface area contributed by atoms with Gasteiger partial charge in [-0.25, -0.2) is 13.1 Å². The Balaban J connectivity index is 2.62. The van der Waals surface area contributed by atoms with E-state index in [-0.39, 0.29) is 18.2 Å². The van der Waals surface area contributed by atoms with Crippen molar-refractivity contribution in [2.45, 2.75) is 13.5 Å². The number of halogens is 1. The molecule has 0 amide bonds. The van der Waals surface area contributed by atoms with Gasteiger partial charge in [-0.3, -0.25) is 4.68 Å². The number of aromatic nitrogens is 2. The molecule has 1 heterocycles. The van der Waals surface area contributed by atoms with Crippen LogP contribution in [0.5, 0.6) is 0 Å². The zero-order valence-corrected chi connectivity index (χ0v) is 10.3. The van der Waals surface area contributed by atoms with E-state index in [4.69, 9.17) is 11.6 Å². The van der Waals surface area contributed by atoms with Gasteiger partial charge in [0.15, 0.2) is 0 Å². The van der Waals surface area contributed by atoms with Gasteiger partial charge < -0.3 is 0 Å². The molecule has 0 saturated carbocycles. The first-order valence-corrected chi connectivity index (χ1v) is 6.65. The highest BCUT2D eigenvalue weighted by Gasteiger charge is 2.10. The molecule has 0 fully saturated rings. The molecule has 0 aliphatic rings. The second kappa shape index (κ2) is 4.96. The number of hydrogen-bond acceptors (Lipinski definition) is 3. The first kappa shape index (κ1) is 12.5. The highest BCUT2D eigenvalue weighted by Crippen LogP contribution is 2.05. The van der Waals surface area contributed by atoms with E-state index in [9.17, 15) is 8.42 Å². The summed E-state index contributed by atoms with van der Waals surface area (Å²) in [4.78, 5) is 0. The van der Waals surface area contributed by atoms with Crippen molar-refractivity contribution in [3.8, 4) is 0 Å². The Bertz CT molecular complexity index is 427. The fourth-order valence-corrected chi connectivity index (χ4v) is 2.41. The monoisotopic (exact) mass is 251 g/mol. The summed E-state index contributed by atoms with van der Waals surface area (Å²) in [6.45, 7) is 2.15. The van der Waals surface area contributed by atoms with Crippen molar-refractivity contribution in [1.29, 1.82) is 0 Å². The fourth-order valence-electron chi connectivity index (χ4n) is 1.08. The zero-order valence-electron chi connectivity index (χ0n) is 8.70. The van der Waals surface area contributed by atoms with Crippen LogP contribution in [0.2, 0.25) is 0 Å². The Kier molecular flexibility index (Phi) is 4.12. The third-order valence-corrected chi connectivity index (χ3v) is 3.90. The summed E-state index contributed by atoms with van der Waals surface area (Å²) in [6, 6.07) is 0. The van der Waals surface area contributed by atoms with Crippen LogP contribution in [0, 0.1) is 6.92 Å². The lowest BCUT2D eigenvalue weighted by atomic mass is 10.3. The van der Waals surface area contributed by atoms with E-state index >= 15 is 0 Å². The topological polar surface area (TPSA) is 64.0 Å². The van der Waals surface area contributed by atoms with Crippen LogP contribution in [-0.4, -0.2) is 29.8 Å². The lowest BCUT2D eigenvalue weighted by Gasteiger charge is -2.04. The summed E-state index contributed by atoms with van der Waals surface area (Å²) in [5.74, 6) is 0.0369. The lowest BCUT2D eigenvalue weighted by Crippen LogP contribution is -2.26. The van der Waals surface area contributed by atoms with Crippen LogP contribution in [-0.2, 0) is 23.6 Å². The molecule has 1 N–H and O–H groups in total. The van der Waals surface area contributed by atoms with Crippen LogP contribution in [0.4, 0.5) is 0 Å². The Morgan fingerprint density at radius 2 is 2.27 bits per heavy atom. The van der Waals surface area contributed by atoms with Gasteiger partial charge in [-0.05, 0) is 6.92 Å². The normalized spacial score (nSPS) is 11.9. The Hall–Kier alpha value is -0.590. The molecule has 7 heteroatoms. The standard InChI is InChI=1S/C8H14ClN3O2S/c1-7-8(5-10-12(7)2)6-11-15(13,14)4-3-9/h5,11H,3-4,6H2,1-2H3. The minimum Gasteiger partial charge on any atom is -0.273 e. The summed E-state index contributed by atoms with van der Waals surface area (Å²) < 4.78 is 26.8. The second-order valence-corrected chi connectivity index (χ2v) is 5.51.